The molecule has 206 valence electrons. The van der Waals surface area contributed by atoms with Crippen molar-refractivity contribution in [1.29, 1.82) is 0 Å². The Morgan fingerprint density at radius 1 is 0.639 bits per heavy atom. The van der Waals surface area contributed by atoms with Crippen LogP contribution in [0.25, 0.3) is 6.08 Å². The van der Waals surface area contributed by atoms with Crippen LogP contribution in [-0.2, 0) is 0 Å². The number of allylic oxidation sites excluding steroid dienone is 2. The van der Waals surface area contributed by atoms with E-state index in [0.717, 1.165) is 0 Å². The van der Waals surface area contributed by atoms with Crippen LogP contribution in [0.2, 0.25) is 0 Å². The van der Waals surface area contributed by atoms with Gasteiger partial charge in [-0.15, -0.1) is 0 Å². The molecule has 0 spiro atoms. The van der Waals surface area contributed by atoms with Crippen molar-refractivity contribution in [2.24, 2.45) is 0 Å². The quantitative estimate of drug-likeness (QED) is 0.257. The monoisotopic (exact) mass is 568 g/mol. The first-order valence-electron chi connectivity index (χ1n) is 8.24. The van der Waals surface area contributed by atoms with Crippen molar-refractivity contribution in [3.05, 3.63) is 47.5 Å². The van der Waals surface area contributed by atoms with Gasteiger partial charge in [0.05, 0.1) is 5.57 Å². The van der Waals surface area contributed by atoms with Crippen molar-refractivity contribution < 1.29 is 83.8 Å². The maximum Gasteiger partial charge on any atom is 0.449 e. The molecule has 0 fully saturated rings. The number of rotatable bonds is 5. The summed E-state index contributed by atoms with van der Waals surface area (Å²) in [4.78, 5) is 0. The predicted octanol–water partition coefficient (Wildman–Crippen LogP) is 8.33. The van der Waals surface area contributed by atoms with Crippen LogP contribution >= 0.6 is 0 Å². The van der Waals surface area contributed by atoms with E-state index in [1.165, 1.54) is 0 Å². The Morgan fingerprint density at radius 2 is 1.00 bits per heavy atom. The zero-order valence-electron chi connectivity index (χ0n) is 16.2. The summed E-state index contributed by atoms with van der Waals surface area (Å²) in [5.74, 6) is -8.45. The van der Waals surface area contributed by atoms with Gasteiger partial charge in [-0.3, -0.25) is 0 Å². The Kier molecular flexibility index (Phi) is 7.79. The number of alkyl halides is 17. The van der Waals surface area contributed by atoms with Gasteiger partial charge in [0.2, 0.25) is 5.76 Å². The second-order valence-electron chi connectivity index (χ2n) is 6.50. The highest BCUT2D eigenvalue weighted by molar-refractivity contribution is 5.50. The van der Waals surface area contributed by atoms with E-state index < -0.39 is 70.7 Å². The molecule has 1 aromatic carbocycles. The van der Waals surface area contributed by atoms with Crippen molar-refractivity contribution in [2.75, 3.05) is 0 Å². The van der Waals surface area contributed by atoms with Crippen molar-refractivity contribution in [1.82, 2.24) is 0 Å². The molecule has 0 saturated carbocycles. The molecule has 0 saturated heterocycles. The molecule has 1 nitrogen and oxygen atoms in total. The van der Waals surface area contributed by atoms with Crippen LogP contribution in [0, 0.1) is 5.82 Å². The van der Waals surface area contributed by atoms with Gasteiger partial charge in [-0.05, 0) is 12.1 Å². The SMILES string of the molecule is C=Cc1ccc(OC(=C(C(F)(C(F)(F)F)C(F)(F)F)C(F)(C(F)(F)F)C(F)(F)F)C(F)(F)F)cc1F. The van der Waals surface area contributed by atoms with Crippen molar-refractivity contribution in [3.8, 4) is 5.75 Å². The summed E-state index contributed by atoms with van der Waals surface area (Å²) in [6, 6.07) is -0.0774. The average molecular weight is 568 g/mol. The molecule has 0 aromatic heterocycles. The molecule has 0 heterocycles. The topological polar surface area (TPSA) is 9.23 Å². The fourth-order valence-corrected chi connectivity index (χ4v) is 2.54. The first-order chi connectivity index (χ1) is 15.7. The van der Waals surface area contributed by atoms with E-state index in [4.69, 9.17) is 0 Å². The lowest BCUT2D eigenvalue weighted by Crippen LogP contribution is -2.67. The van der Waals surface area contributed by atoms with Crippen LogP contribution in [0.15, 0.2) is 36.1 Å². The molecule has 0 bridgehead atoms. The molecule has 0 amide bonds. The highest BCUT2D eigenvalue weighted by Gasteiger charge is 2.88. The second kappa shape index (κ2) is 8.97. The lowest BCUT2D eigenvalue weighted by atomic mass is 9.79. The third-order valence-corrected chi connectivity index (χ3v) is 4.15. The minimum Gasteiger partial charge on any atom is -0.452 e. The number of hydrogen-bond donors (Lipinski definition) is 0. The van der Waals surface area contributed by atoms with Crippen LogP contribution in [0.1, 0.15) is 5.56 Å². The summed E-state index contributed by atoms with van der Waals surface area (Å²) >= 11 is 0. The Hall–Kier alpha value is -2.76. The van der Waals surface area contributed by atoms with Gasteiger partial charge < -0.3 is 4.74 Å². The fourth-order valence-electron chi connectivity index (χ4n) is 2.54. The largest absolute Gasteiger partial charge is 0.452 e. The van der Waals surface area contributed by atoms with E-state index in [-0.39, 0.29) is 12.1 Å². The van der Waals surface area contributed by atoms with Crippen LogP contribution in [0.3, 0.4) is 0 Å². The summed E-state index contributed by atoms with van der Waals surface area (Å²) in [5, 5.41) is 0. The summed E-state index contributed by atoms with van der Waals surface area (Å²) in [5.41, 5.74) is -22.9. The Bertz CT molecular complexity index is 933. The molecular formula is C17H6F18O. The smallest absolute Gasteiger partial charge is 0.449 e. The lowest BCUT2D eigenvalue weighted by Gasteiger charge is -2.41. The second-order valence-corrected chi connectivity index (χ2v) is 6.50. The minimum atomic E-state index is -8.30. The minimum absolute atomic E-state index is 0.00830. The molecule has 36 heavy (non-hydrogen) atoms. The first kappa shape index (κ1) is 31.3. The van der Waals surface area contributed by atoms with Gasteiger partial charge in [-0.25, -0.2) is 13.2 Å². The Morgan fingerprint density at radius 3 is 1.25 bits per heavy atom. The predicted molar refractivity (Wildman–Crippen MR) is 82.1 cm³/mol. The van der Waals surface area contributed by atoms with Gasteiger partial charge in [0.1, 0.15) is 11.6 Å². The normalized spacial score (nSPS) is 14.5. The molecular weight excluding hydrogens is 562 g/mol. The fraction of sp³-hybridized carbons (Fsp3) is 0.412. The lowest BCUT2D eigenvalue weighted by molar-refractivity contribution is -0.365. The molecule has 0 N–H and O–H groups in total. The van der Waals surface area contributed by atoms with Crippen molar-refractivity contribution in [3.63, 3.8) is 0 Å². The van der Waals surface area contributed by atoms with Crippen molar-refractivity contribution >= 4 is 6.08 Å². The highest BCUT2D eigenvalue weighted by Crippen LogP contribution is 2.63. The maximum absolute atomic E-state index is 14.5. The molecule has 0 unspecified atom stereocenters. The van der Waals surface area contributed by atoms with Gasteiger partial charge in [-0.2, -0.15) is 65.9 Å². The van der Waals surface area contributed by atoms with Crippen LogP contribution in [-0.4, -0.2) is 42.2 Å². The number of benzene rings is 1. The summed E-state index contributed by atoms with van der Waals surface area (Å²) < 4.78 is 243. The Labute approximate surface area is 186 Å². The number of ether oxygens (including phenoxy) is 1. The molecule has 19 heteroatoms. The number of halogens is 18. The summed E-state index contributed by atoms with van der Waals surface area (Å²) in [6.07, 6.45) is -39.2. The summed E-state index contributed by atoms with van der Waals surface area (Å²) in [6.45, 7) is 2.95. The molecule has 1 rings (SSSR count). The van der Waals surface area contributed by atoms with Crippen molar-refractivity contribution in [2.45, 2.75) is 42.2 Å². The van der Waals surface area contributed by atoms with E-state index in [1.807, 2.05) is 0 Å². The molecule has 0 aliphatic carbocycles. The molecule has 0 aliphatic heterocycles. The van der Waals surface area contributed by atoms with Crippen LogP contribution < -0.4 is 4.74 Å². The number of hydrogen-bond acceptors (Lipinski definition) is 1. The molecule has 1 aromatic rings. The third-order valence-electron chi connectivity index (χ3n) is 4.15. The van der Waals surface area contributed by atoms with Crippen LogP contribution in [0.4, 0.5) is 79.0 Å². The highest BCUT2D eigenvalue weighted by atomic mass is 19.4. The van der Waals surface area contributed by atoms with Gasteiger partial charge in [0, 0.05) is 11.6 Å². The average Bonchev–Trinajstić information content (AvgIpc) is 2.62. The van der Waals surface area contributed by atoms with Gasteiger partial charge in [-0.1, -0.05) is 12.7 Å². The van der Waals surface area contributed by atoms with E-state index in [0.29, 0.717) is 12.1 Å². The molecule has 0 radical (unpaired) electrons. The first-order valence-corrected chi connectivity index (χ1v) is 8.24. The van der Waals surface area contributed by atoms with Gasteiger partial charge >= 0.3 is 42.2 Å². The van der Waals surface area contributed by atoms with Gasteiger partial charge in [0.25, 0.3) is 0 Å². The standard InChI is InChI=1S/C17H6F18O/c1-2-6-3-4-7(5-8(6)18)36-10(13(21,22)23)9(11(19,14(24,25)26)15(27,28)29)12(20,16(30,31)32)17(33,34)35/h2-5H,1H2. The Balaban J connectivity index is 4.51. The van der Waals surface area contributed by atoms with E-state index in [1.54, 1.807) is 0 Å². The zero-order chi connectivity index (χ0) is 28.9. The van der Waals surface area contributed by atoms with E-state index >= 15 is 0 Å². The summed E-state index contributed by atoms with van der Waals surface area (Å²) in [7, 11) is 0. The zero-order valence-corrected chi connectivity index (χ0v) is 16.2. The van der Waals surface area contributed by atoms with E-state index in [2.05, 4.69) is 11.3 Å². The third kappa shape index (κ3) is 5.18. The van der Waals surface area contributed by atoms with Gasteiger partial charge in [0.15, 0.2) is 0 Å². The maximum atomic E-state index is 14.5. The van der Waals surface area contributed by atoms with Crippen LogP contribution in [0.5, 0.6) is 5.75 Å². The molecule has 0 atom stereocenters. The molecule has 0 aliphatic rings. The van der Waals surface area contributed by atoms with E-state index in [9.17, 15) is 79.0 Å².